The number of benzene rings is 1. The van der Waals surface area contributed by atoms with Crippen LogP contribution in [0.5, 0.6) is 5.75 Å². The van der Waals surface area contributed by atoms with Crippen molar-refractivity contribution in [2.24, 2.45) is 0 Å². The van der Waals surface area contributed by atoms with Crippen LogP contribution in [0.4, 0.5) is 13.2 Å². The lowest BCUT2D eigenvalue weighted by Gasteiger charge is -2.12. The van der Waals surface area contributed by atoms with Crippen molar-refractivity contribution < 1.29 is 35.9 Å². The highest BCUT2D eigenvalue weighted by Crippen LogP contribution is 2.32. The Morgan fingerprint density at radius 3 is 2.32 bits per heavy atom. The van der Waals surface area contributed by atoms with Gasteiger partial charge in [-0.3, -0.25) is 0 Å². The highest BCUT2D eigenvalue weighted by molar-refractivity contribution is 8.13. The van der Waals surface area contributed by atoms with E-state index in [1.165, 1.54) is 0 Å². The molecule has 0 aliphatic carbocycles. The van der Waals surface area contributed by atoms with Crippen LogP contribution in [0.3, 0.4) is 0 Å². The summed E-state index contributed by atoms with van der Waals surface area (Å²) >= 11 is 0. The zero-order chi connectivity index (χ0) is 14.8. The van der Waals surface area contributed by atoms with Gasteiger partial charge in [0.25, 0.3) is 9.05 Å². The van der Waals surface area contributed by atoms with E-state index >= 15 is 0 Å². The molecule has 0 saturated carbocycles. The van der Waals surface area contributed by atoms with Gasteiger partial charge in [0.2, 0.25) is 0 Å². The molecule has 1 aromatic rings. The molecule has 1 rings (SSSR count). The molecule has 0 aliphatic rings. The Hall–Kier alpha value is -1.48. The first kappa shape index (κ1) is 15.6. The van der Waals surface area contributed by atoms with Gasteiger partial charge in [0.05, 0.1) is 12.7 Å². The molecule has 0 aliphatic heterocycles. The van der Waals surface area contributed by atoms with Gasteiger partial charge in [0.1, 0.15) is 10.6 Å². The summed E-state index contributed by atoms with van der Waals surface area (Å²) in [5.74, 6) is -1.96. The quantitative estimate of drug-likeness (QED) is 0.632. The van der Waals surface area contributed by atoms with Gasteiger partial charge >= 0.3 is 12.3 Å². The third-order valence-electron chi connectivity index (χ3n) is 1.85. The summed E-state index contributed by atoms with van der Waals surface area (Å²) in [4.78, 5) is 10.2. The first-order chi connectivity index (χ1) is 8.54. The van der Waals surface area contributed by atoms with Crippen molar-refractivity contribution in [1.29, 1.82) is 0 Å². The molecule has 106 valence electrons. The second-order valence-electron chi connectivity index (χ2n) is 3.14. The maximum absolute atomic E-state index is 12.1. The molecule has 0 unspecified atom stereocenters. The Balaban J connectivity index is 3.38. The highest BCUT2D eigenvalue weighted by Gasteiger charge is 2.34. The summed E-state index contributed by atoms with van der Waals surface area (Å²) in [5, 5.41) is 0. The third kappa shape index (κ3) is 4.28. The van der Waals surface area contributed by atoms with Gasteiger partial charge in [0, 0.05) is 10.7 Å². The van der Waals surface area contributed by atoms with E-state index in [0.717, 1.165) is 13.2 Å². The number of hydrogen-bond donors (Lipinski definition) is 0. The fourth-order valence-corrected chi connectivity index (χ4v) is 2.13. The minimum atomic E-state index is -5.09. The van der Waals surface area contributed by atoms with E-state index in [9.17, 15) is 26.4 Å². The Labute approximate surface area is 110 Å². The predicted molar refractivity (Wildman–Crippen MR) is 57.5 cm³/mol. The van der Waals surface area contributed by atoms with Crippen LogP contribution in [-0.4, -0.2) is 27.9 Å². The molecule has 0 N–H and O–H groups in total. The van der Waals surface area contributed by atoms with Gasteiger partial charge < -0.3 is 9.47 Å². The molecule has 19 heavy (non-hydrogen) atoms. The highest BCUT2D eigenvalue weighted by atomic mass is 35.7. The molecule has 0 heterocycles. The average Bonchev–Trinajstić information content (AvgIpc) is 2.25. The van der Waals surface area contributed by atoms with Gasteiger partial charge in [-0.2, -0.15) is 0 Å². The average molecular weight is 319 g/mol. The van der Waals surface area contributed by atoms with Crippen LogP contribution in [0.2, 0.25) is 0 Å². The smallest absolute Gasteiger partial charge is 0.465 e. The third-order valence-corrected chi connectivity index (χ3v) is 3.20. The maximum Gasteiger partial charge on any atom is 0.573 e. The number of halogens is 4. The van der Waals surface area contributed by atoms with Crippen LogP contribution < -0.4 is 4.74 Å². The van der Waals surface area contributed by atoms with E-state index < -0.39 is 32.0 Å². The lowest BCUT2D eigenvalue weighted by atomic mass is 10.2. The topological polar surface area (TPSA) is 69.7 Å². The molecule has 0 radical (unpaired) electrons. The second-order valence-corrected chi connectivity index (χ2v) is 5.67. The number of alkyl halides is 3. The maximum atomic E-state index is 12.1. The van der Waals surface area contributed by atoms with Crippen molar-refractivity contribution in [3.63, 3.8) is 0 Å². The van der Waals surface area contributed by atoms with Crippen molar-refractivity contribution in [3.05, 3.63) is 23.8 Å². The number of esters is 1. The molecular weight excluding hydrogens is 313 g/mol. The van der Waals surface area contributed by atoms with Gasteiger partial charge in [-0.1, -0.05) is 0 Å². The van der Waals surface area contributed by atoms with Crippen molar-refractivity contribution >= 4 is 25.7 Å². The standard InChI is InChI=1S/C9H6ClF3O5S/c1-17-8(14)5-2-3-6(18-9(11,12)13)7(4-5)19(10,15)16/h2-4H,1H3. The summed E-state index contributed by atoms with van der Waals surface area (Å²) in [5.41, 5.74) is -0.281. The molecule has 0 bridgehead atoms. The molecule has 0 saturated heterocycles. The van der Waals surface area contributed by atoms with Crippen molar-refractivity contribution in [2.45, 2.75) is 11.3 Å². The van der Waals surface area contributed by atoms with Crippen LogP contribution in [0, 0.1) is 0 Å². The predicted octanol–water partition coefficient (Wildman–Crippen LogP) is 2.30. The molecule has 0 amide bonds. The first-order valence-corrected chi connectivity index (χ1v) is 6.78. The lowest BCUT2D eigenvalue weighted by Crippen LogP contribution is -2.18. The molecule has 0 aromatic heterocycles. The van der Waals surface area contributed by atoms with Crippen LogP contribution >= 0.6 is 10.7 Å². The Bertz CT molecular complexity index is 596. The first-order valence-electron chi connectivity index (χ1n) is 4.47. The summed E-state index contributed by atoms with van der Waals surface area (Å²) in [6.07, 6.45) is -5.09. The number of hydrogen-bond acceptors (Lipinski definition) is 5. The largest absolute Gasteiger partial charge is 0.573 e. The molecule has 0 fully saturated rings. The number of carbonyl (C=O) groups excluding carboxylic acids is 1. The van der Waals surface area contributed by atoms with E-state index in [1.54, 1.807) is 0 Å². The molecule has 0 spiro atoms. The zero-order valence-electron chi connectivity index (χ0n) is 9.19. The fourth-order valence-electron chi connectivity index (χ4n) is 1.15. The normalized spacial score (nSPS) is 12.1. The van der Waals surface area contributed by atoms with Gasteiger partial charge in [-0.05, 0) is 18.2 Å². The molecule has 0 atom stereocenters. The monoisotopic (exact) mass is 318 g/mol. The van der Waals surface area contributed by atoms with Crippen LogP contribution in [-0.2, 0) is 13.8 Å². The van der Waals surface area contributed by atoms with Gasteiger partial charge in [0.15, 0.2) is 0 Å². The number of ether oxygens (including phenoxy) is 2. The van der Waals surface area contributed by atoms with E-state index in [-0.39, 0.29) is 5.56 Å². The number of rotatable bonds is 3. The Morgan fingerprint density at radius 2 is 1.89 bits per heavy atom. The summed E-state index contributed by atoms with van der Waals surface area (Å²) < 4.78 is 66.4. The van der Waals surface area contributed by atoms with E-state index in [1.807, 2.05) is 0 Å². The van der Waals surface area contributed by atoms with Crippen molar-refractivity contribution in [3.8, 4) is 5.75 Å². The molecular formula is C9H6ClF3O5S. The minimum absolute atomic E-state index is 0.281. The van der Waals surface area contributed by atoms with Crippen LogP contribution in [0.25, 0.3) is 0 Å². The minimum Gasteiger partial charge on any atom is -0.465 e. The lowest BCUT2D eigenvalue weighted by molar-refractivity contribution is -0.275. The second kappa shape index (κ2) is 5.25. The van der Waals surface area contributed by atoms with E-state index in [4.69, 9.17) is 10.7 Å². The van der Waals surface area contributed by atoms with Crippen LogP contribution in [0.1, 0.15) is 10.4 Å². The zero-order valence-corrected chi connectivity index (χ0v) is 10.8. The van der Waals surface area contributed by atoms with E-state index in [2.05, 4.69) is 9.47 Å². The Morgan fingerprint density at radius 1 is 1.32 bits per heavy atom. The fraction of sp³-hybridized carbons (Fsp3) is 0.222. The van der Waals surface area contributed by atoms with E-state index in [0.29, 0.717) is 12.1 Å². The molecule has 1 aromatic carbocycles. The van der Waals surface area contributed by atoms with Crippen molar-refractivity contribution in [1.82, 2.24) is 0 Å². The molecule has 10 heteroatoms. The van der Waals surface area contributed by atoms with Gasteiger partial charge in [-0.25, -0.2) is 13.2 Å². The summed E-state index contributed by atoms with van der Waals surface area (Å²) in [7, 11) is 1.48. The molecule has 5 nitrogen and oxygen atoms in total. The Kier molecular flexibility index (Phi) is 4.31. The number of methoxy groups -OCH3 is 1. The summed E-state index contributed by atoms with van der Waals surface area (Å²) in [6, 6.07) is 2.21. The van der Waals surface area contributed by atoms with Gasteiger partial charge in [-0.15, -0.1) is 13.2 Å². The van der Waals surface area contributed by atoms with Crippen LogP contribution in [0.15, 0.2) is 23.1 Å². The SMILES string of the molecule is COC(=O)c1ccc(OC(F)(F)F)c(S(=O)(=O)Cl)c1. The van der Waals surface area contributed by atoms with Crippen molar-refractivity contribution in [2.75, 3.05) is 7.11 Å². The number of carbonyl (C=O) groups is 1. The summed E-state index contributed by atoms with van der Waals surface area (Å²) in [6.45, 7) is 0.